The van der Waals surface area contributed by atoms with Crippen molar-refractivity contribution >= 4 is 11.8 Å². The molecule has 0 aromatic carbocycles. The molecule has 92 valence electrons. The molecule has 0 amide bonds. The molecule has 0 aromatic rings. The summed E-state index contributed by atoms with van der Waals surface area (Å²) in [5.41, 5.74) is -0.0782. The minimum absolute atomic E-state index is 0.0710. The van der Waals surface area contributed by atoms with Crippen molar-refractivity contribution in [3.8, 4) is 0 Å². The third-order valence-electron chi connectivity index (χ3n) is 1.70. The van der Waals surface area contributed by atoms with E-state index in [1.165, 1.54) is 14.0 Å². The molecule has 0 radical (unpaired) electrons. The average Bonchev–Trinajstić information content (AvgIpc) is 2.18. The van der Waals surface area contributed by atoms with Gasteiger partial charge in [0.25, 0.3) is 0 Å². The molecule has 0 unspecified atom stereocenters. The van der Waals surface area contributed by atoms with E-state index in [1.807, 2.05) is 0 Å². The first-order chi connectivity index (χ1) is 7.58. The SMILES string of the molecule is CCOC(=O)C(C(C)=O)=C(COC)OCC. The Morgan fingerprint density at radius 2 is 1.62 bits per heavy atom. The van der Waals surface area contributed by atoms with Crippen LogP contribution in [0.3, 0.4) is 0 Å². The summed E-state index contributed by atoms with van der Waals surface area (Å²) in [6.07, 6.45) is 0. The Hall–Kier alpha value is -1.36. The van der Waals surface area contributed by atoms with Crippen molar-refractivity contribution < 1.29 is 23.8 Å². The van der Waals surface area contributed by atoms with Gasteiger partial charge in [-0.2, -0.15) is 0 Å². The van der Waals surface area contributed by atoms with Gasteiger partial charge in [0.1, 0.15) is 17.9 Å². The predicted molar refractivity (Wildman–Crippen MR) is 57.8 cm³/mol. The first kappa shape index (κ1) is 14.6. The number of Topliss-reactive ketones (excluding diaryl/α,β-unsaturated/α-hetero) is 1. The molecule has 0 rings (SSSR count). The van der Waals surface area contributed by atoms with Gasteiger partial charge in [0.05, 0.1) is 13.2 Å². The minimum Gasteiger partial charge on any atom is -0.495 e. The minimum atomic E-state index is -0.671. The second-order valence-corrected chi connectivity index (χ2v) is 2.94. The van der Waals surface area contributed by atoms with Crippen LogP contribution < -0.4 is 0 Å². The van der Waals surface area contributed by atoms with Crippen molar-refractivity contribution in [3.63, 3.8) is 0 Å². The van der Waals surface area contributed by atoms with E-state index in [0.717, 1.165) is 0 Å². The Labute approximate surface area is 95.4 Å². The summed E-state index contributed by atoms with van der Waals surface area (Å²) in [6, 6.07) is 0. The van der Waals surface area contributed by atoms with E-state index in [2.05, 4.69) is 0 Å². The van der Waals surface area contributed by atoms with E-state index >= 15 is 0 Å². The molecule has 0 bridgehead atoms. The topological polar surface area (TPSA) is 61.8 Å². The van der Waals surface area contributed by atoms with E-state index in [-0.39, 0.29) is 30.3 Å². The fourth-order valence-corrected chi connectivity index (χ4v) is 1.15. The van der Waals surface area contributed by atoms with Crippen molar-refractivity contribution in [1.29, 1.82) is 0 Å². The number of ether oxygens (including phenoxy) is 3. The van der Waals surface area contributed by atoms with Crippen LogP contribution in [-0.2, 0) is 23.8 Å². The largest absolute Gasteiger partial charge is 0.495 e. The lowest BCUT2D eigenvalue weighted by molar-refractivity contribution is -0.140. The average molecular weight is 230 g/mol. The zero-order valence-corrected chi connectivity index (χ0v) is 10.2. The zero-order chi connectivity index (χ0) is 12.6. The number of methoxy groups -OCH3 is 1. The summed E-state index contributed by atoms with van der Waals surface area (Å²) in [5, 5.41) is 0. The number of hydrogen-bond donors (Lipinski definition) is 0. The van der Waals surface area contributed by atoms with Gasteiger partial charge in [-0.1, -0.05) is 0 Å². The molecular formula is C11H18O5. The molecule has 0 aromatic heterocycles. The van der Waals surface area contributed by atoms with Crippen LogP contribution in [0.15, 0.2) is 11.3 Å². The molecule has 0 saturated carbocycles. The monoisotopic (exact) mass is 230 g/mol. The lowest BCUT2D eigenvalue weighted by Crippen LogP contribution is -2.19. The van der Waals surface area contributed by atoms with Gasteiger partial charge in [-0.3, -0.25) is 4.79 Å². The van der Waals surface area contributed by atoms with Crippen LogP contribution in [0.1, 0.15) is 20.8 Å². The van der Waals surface area contributed by atoms with Crippen LogP contribution in [0.4, 0.5) is 0 Å². The molecule has 5 heteroatoms. The Bertz CT molecular complexity index is 272. The van der Waals surface area contributed by atoms with Crippen LogP contribution in [0, 0.1) is 0 Å². The lowest BCUT2D eigenvalue weighted by atomic mass is 10.1. The first-order valence-corrected chi connectivity index (χ1v) is 5.11. The Morgan fingerprint density at radius 3 is 2.00 bits per heavy atom. The maximum Gasteiger partial charge on any atom is 0.345 e. The molecule has 0 aliphatic carbocycles. The third-order valence-corrected chi connectivity index (χ3v) is 1.70. The summed E-state index contributed by atoms with van der Waals surface area (Å²) in [6.45, 7) is 5.37. The van der Waals surface area contributed by atoms with Crippen LogP contribution in [0.25, 0.3) is 0 Å². The zero-order valence-electron chi connectivity index (χ0n) is 10.2. The van der Waals surface area contributed by atoms with Gasteiger partial charge in [-0.05, 0) is 20.8 Å². The number of hydrogen-bond acceptors (Lipinski definition) is 5. The second-order valence-electron chi connectivity index (χ2n) is 2.94. The standard InChI is InChI=1S/C11H18O5/c1-5-15-9(7-14-4)10(8(3)12)11(13)16-6-2/h5-7H2,1-4H3. The van der Waals surface area contributed by atoms with Gasteiger partial charge < -0.3 is 14.2 Å². The molecule has 0 saturated heterocycles. The highest BCUT2D eigenvalue weighted by Crippen LogP contribution is 2.10. The predicted octanol–water partition coefficient (Wildman–Crippen LogP) is 1.08. The molecule has 0 spiro atoms. The number of ketones is 1. The fraction of sp³-hybridized carbons (Fsp3) is 0.636. The second kappa shape index (κ2) is 7.87. The maximum atomic E-state index is 11.5. The van der Waals surface area contributed by atoms with E-state index in [4.69, 9.17) is 14.2 Å². The summed E-state index contributed by atoms with van der Waals surface area (Å²) in [7, 11) is 1.46. The van der Waals surface area contributed by atoms with Crippen molar-refractivity contribution in [2.75, 3.05) is 26.9 Å². The van der Waals surface area contributed by atoms with Crippen molar-refractivity contribution in [3.05, 3.63) is 11.3 Å². The Kier molecular flexibility index (Phi) is 7.20. The van der Waals surface area contributed by atoms with Gasteiger partial charge in [-0.25, -0.2) is 4.79 Å². The van der Waals surface area contributed by atoms with Crippen molar-refractivity contribution in [2.24, 2.45) is 0 Å². The summed E-state index contributed by atoms with van der Waals surface area (Å²) >= 11 is 0. The van der Waals surface area contributed by atoms with E-state index in [1.54, 1.807) is 13.8 Å². The van der Waals surface area contributed by atoms with Crippen molar-refractivity contribution in [2.45, 2.75) is 20.8 Å². The van der Waals surface area contributed by atoms with Crippen LogP contribution >= 0.6 is 0 Å². The fourth-order valence-electron chi connectivity index (χ4n) is 1.15. The number of rotatable bonds is 7. The number of carbonyl (C=O) groups excluding carboxylic acids is 2. The smallest absolute Gasteiger partial charge is 0.345 e. The van der Waals surface area contributed by atoms with E-state index < -0.39 is 5.97 Å². The molecule has 0 atom stereocenters. The van der Waals surface area contributed by atoms with Crippen LogP contribution in [-0.4, -0.2) is 38.7 Å². The van der Waals surface area contributed by atoms with Gasteiger partial charge in [0, 0.05) is 7.11 Å². The molecule has 0 aliphatic heterocycles. The maximum absolute atomic E-state index is 11.5. The molecule has 0 N–H and O–H groups in total. The third kappa shape index (κ3) is 4.44. The Morgan fingerprint density at radius 1 is 1.06 bits per heavy atom. The van der Waals surface area contributed by atoms with Gasteiger partial charge >= 0.3 is 5.97 Å². The Balaban J connectivity index is 5.12. The first-order valence-electron chi connectivity index (χ1n) is 5.11. The van der Waals surface area contributed by atoms with Gasteiger partial charge in [0.15, 0.2) is 5.78 Å². The van der Waals surface area contributed by atoms with Crippen LogP contribution in [0.5, 0.6) is 0 Å². The van der Waals surface area contributed by atoms with E-state index in [0.29, 0.717) is 6.61 Å². The molecular weight excluding hydrogens is 212 g/mol. The molecule has 0 fully saturated rings. The molecule has 16 heavy (non-hydrogen) atoms. The normalized spacial score (nSPS) is 11.8. The highest BCUT2D eigenvalue weighted by molar-refractivity contribution is 6.16. The molecule has 0 aliphatic rings. The lowest BCUT2D eigenvalue weighted by Gasteiger charge is -2.12. The van der Waals surface area contributed by atoms with Crippen molar-refractivity contribution in [1.82, 2.24) is 0 Å². The molecule has 5 nitrogen and oxygen atoms in total. The summed E-state index contributed by atoms with van der Waals surface area (Å²) < 4.78 is 14.9. The number of carbonyl (C=O) groups is 2. The van der Waals surface area contributed by atoms with Crippen LogP contribution in [0.2, 0.25) is 0 Å². The summed E-state index contributed by atoms with van der Waals surface area (Å²) in [5.74, 6) is -0.842. The van der Waals surface area contributed by atoms with Gasteiger partial charge in [0.2, 0.25) is 0 Å². The van der Waals surface area contributed by atoms with Gasteiger partial charge in [-0.15, -0.1) is 0 Å². The molecule has 0 heterocycles. The number of esters is 1. The quantitative estimate of drug-likeness (QED) is 0.215. The highest BCUT2D eigenvalue weighted by Gasteiger charge is 2.22. The highest BCUT2D eigenvalue weighted by atomic mass is 16.5. The van der Waals surface area contributed by atoms with E-state index in [9.17, 15) is 9.59 Å². The summed E-state index contributed by atoms with van der Waals surface area (Å²) in [4.78, 5) is 22.9.